The number of thiazole rings is 1. The first-order valence-electron chi connectivity index (χ1n) is 9.61. The van der Waals surface area contributed by atoms with Crippen molar-refractivity contribution in [3.8, 4) is 28.1 Å². The van der Waals surface area contributed by atoms with E-state index in [1.807, 2.05) is 34.2 Å². The third kappa shape index (κ3) is 3.41. The van der Waals surface area contributed by atoms with E-state index in [4.69, 9.17) is 9.72 Å². The van der Waals surface area contributed by atoms with E-state index in [1.165, 1.54) is 11.3 Å². The second-order valence-corrected chi connectivity index (χ2v) is 8.22. The van der Waals surface area contributed by atoms with Gasteiger partial charge in [0.05, 0.1) is 25.2 Å². The minimum atomic E-state index is -0.0295. The number of aromatic amines is 1. The maximum absolute atomic E-state index is 13.0. The zero-order valence-electron chi connectivity index (χ0n) is 15.8. The number of nitrogens with one attached hydrogen (secondary N) is 1. The number of rotatable bonds is 3. The van der Waals surface area contributed by atoms with Crippen LogP contribution in [0.25, 0.3) is 22.4 Å². The van der Waals surface area contributed by atoms with Gasteiger partial charge in [0.25, 0.3) is 5.91 Å². The van der Waals surface area contributed by atoms with Crippen molar-refractivity contribution in [1.82, 2.24) is 25.0 Å². The molecule has 9 heteroatoms. The minimum Gasteiger partial charge on any atom is -0.492 e. The summed E-state index contributed by atoms with van der Waals surface area (Å²) in [5.74, 6) is 0.751. The number of benzene rings is 1. The summed E-state index contributed by atoms with van der Waals surface area (Å²) in [4.78, 5) is 22.5. The van der Waals surface area contributed by atoms with Gasteiger partial charge in [-0.05, 0) is 17.7 Å². The molecule has 2 N–H and O–H groups in total. The molecule has 0 bridgehead atoms. The second kappa shape index (κ2) is 7.58. The molecule has 4 heterocycles. The predicted octanol–water partition coefficient (Wildman–Crippen LogP) is 1.84. The van der Waals surface area contributed by atoms with Crippen LogP contribution in [0.3, 0.4) is 0 Å². The van der Waals surface area contributed by atoms with Gasteiger partial charge in [-0.2, -0.15) is 5.10 Å². The smallest absolute Gasteiger partial charge is 0.282 e. The number of carbonyl (C=O) groups is 1. The number of nitrogens with zero attached hydrogens (tertiary/aromatic N) is 4. The number of aliphatic hydroxyl groups excluding tert-OH is 1. The monoisotopic (exact) mass is 411 g/mol. The van der Waals surface area contributed by atoms with Gasteiger partial charge < -0.3 is 14.7 Å². The molecule has 0 unspecified atom stereocenters. The fraction of sp³-hybridized carbons (Fsp3) is 0.350. The summed E-state index contributed by atoms with van der Waals surface area (Å²) in [6.07, 6.45) is 4.36. The summed E-state index contributed by atoms with van der Waals surface area (Å²) in [6.45, 7) is 3.17. The Morgan fingerprint density at radius 2 is 2.10 bits per heavy atom. The van der Waals surface area contributed by atoms with E-state index in [9.17, 15) is 9.90 Å². The van der Waals surface area contributed by atoms with E-state index >= 15 is 0 Å². The Kier molecular flexibility index (Phi) is 4.78. The van der Waals surface area contributed by atoms with Crippen LogP contribution in [0.4, 0.5) is 0 Å². The first kappa shape index (κ1) is 18.3. The molecule has 3 aromatic rings. The maximum Gasteiger partial charge on any atom is 0.282 e. The Labute approximate surface area is 171 Å². The zero-order valence-corrected chi connectivity index (χ0v) is 16.6. The number of ether oxygens (including phenoxy) is 1. The Morgan fingerprint density at radius 3 is 2.86 bits per heavy atom. The third-order valence-electron chi connectivity index (χ3n) is 5.39. The first-order chi connectivity index (χ1) is 14.2. The lowest BCUT2D eigenvalue weighted by atomic mass is 10.0. The van der Waals surface area contributed by atoms with E-state index in [1.54, 1.807) is 6.20 Å². The van der Waals surface area contributed by atoms with Crippen molar-refractivity contribution in [3.05, 3.63) is 40.5 Å². The average Bonchev–Trinajstić information content (AvgIpc) is 3.41. The van der Waals surface area contributed by atoms with Gasteiger partial charge in [-0.15, -0.1) is 11.3 Å². The molecule has 5 rings (SSSR count). The van der Waals surface area contributed by atoms with Gasteiger partial charge in [0, 0.05) is 54.8 Å². The van der Waals surface area contributed by atoms with E-state index < -0.39 is 0 Å². The Hall–Kier alpha value is -2.75. The molecule has 1 saturated heterocycles. The largest absolute Gasteiger partial charge is 0.492 e. The summed E-state index contributed by atoms with van der Waals surface area (Å²) >= 11 is 1.46. The van der Waals surface area contributed by atoms with Crippen molar-refractivity contribution in [2.45, 2.75) is 6.42 Å². The highest BCUT2D eigenvalue weighted by Gasteiger charge is 2.27. The SMILES string of the molecule is O=C(c1nc2c(s1)CCOc1cc(-c3cn[nH]c3)ccc1-2)N1CCN(CO)CC1. The average molecular weight is 411 g/mol. The molecular formula is C20H21N5O3S. The van der Waals surface area contributed by atoms with Crippen LogP contribution in [0.15, 0.2) is 30.6 Å². The molecule has 0 radical (unpaired) electrons. The van der Waals surface area contributed by atoms with Gasteiger partial charge in [-0.25, -0.2) is 4.98 Å². The highest BCUT2D eigenvalue weighted by atomic mass is 32.1. The summed E-state index contributed by atoms with van der Waals surface area (Å²) in [6, 6.07) is 6.04. The minimum absolute atomic E-state index is 0.0295. The summed E-state index contributed by atoms with van der Waals surface area (Å²) in [7, 11) is 0. The third-order valence-corrected chi connectivity index (χ3v) is 6.50. The quantitative estimate of drug-likeness (QED) is 0.683. The first-order valence-corrected chi connectivity index (χ1v) is 10.4. The van der Waals surface area contributed by atoms with Crippen LogP contribution in [0.5, 0.6) is 5.75 Å². The standard InChI is InChI=1S/C20H21N5O3S/c26-12-24-4-6-25(7-5-24)20(27)19-23-18-15-2-1-13(14-10-21-22-11-14)9-16(15)28-8-3-17(18)29-19/h1-2,9-11,26H,3-8,12H2,(H,21,22). The van der Waals surface area contributed by atoms with Crippen LogP contribution in [-0.2, 0) is 6.42 Å². The van der Waals surface area contributed by atoms with Gasteiger partial charge in [0.15, 0.2) is 5.01 Å². The predicted molar refractivity (Wildman–Crippen MR) is 109 cm³/mol. The molecule has 150 valence electrons. The van der Waals surface area contributed by atoms with E-state index in [0.29, 0.717) is 37.8 Å². The van der Waals surface area contributed by atoms with Gasteiger partial charge >= 0.3 is 0 Å². The molecule has 2 aliphatic heterocycles. The fourth-order valence-corrected chi connectivity index (χ4v) is 4.75. The Morgan fingerprint density at radius 1 is 1.24 bits per heavy atom. The van der Waals surface area contributed by atoms with Gasteiger partial charge in [0.1, 0.15) is 5.75 Å². The molecule has 0 aliphatic carbocycles. The molecular weight excluding hydrogens is 390 g/mol. The molecule has 8 nitrogen and oxygen atoms in total. The number of carbonyl (C=O) groups excluding carboxylic acids is 1. The number of aliphatic hydroxyl groups is 1. The van der Waals surface area contributed by atoms with Crippen molar-refractivity contribution < 1.29 is 14.6 Å². The topological polar surface area (TPSA) is 94.6 Å². The molecule has 0 spiro atoms. The van der Waals surface area contributed by atoms with Gasteiger partial charge in [-0.1, -0.05) is 6.07 Å². The van der Waals surface area contributed by atoms with Crippen molar-refractivity contribution >= 4 is 17.2 Å². The van der Waals surface area contributed by atoms with Gasteiger partial charge in [0.2, 0.25) is 0 Å². The molecule has 1 fully saturated rings. The van der Waals surface area contributed by atoms with Crippen molar-refractivity contribution in [2.75, 3.05) is 39.5 Å². The van der Waals surface area contributed by atoms with E-state index in [-0.39, 0.29) is 12.6 Å². The van der Waals surface area contributed by atoms with Crippen LogP contribution < -0.4 is 4.74 Å². The van der Waals surface area contributed by atoms with Crippen LogP contribution >= 0.6 is 11.3 Å². The summed E-state index contributed by atoms with van der Waals surface area (Å²) in [5, 5.41) is 16.6. The lowest BCUT2D eigenvalue weighted by molar-refractivity contribution is 0.0423. The van der Waals surface area contributed by atoms with Crippen LogP contribution in [0.2, 0.25) is 0 Å². The number of H-pyrrole nitrogens is 1. The van der Waals surface area contributed by atoms with Gasteiger partial charge in [-0.3, -0.25) is 14.8 Å². The summed E-state index contributed by atoms with van der Waals surface area (Å²) < 4.78 is 5.98. The Balaban J connectivity index is 1.44. The molecule has 29 heavy (non-hydrogen) atoms. The number of hydrogen-bond donors (Lipinski definition) is 2. The highest BCUT2D eigenvalue weighted by Crippen LogP contribution is 2.39. The molecule has 2 aromatic heterocycles. The van der Waals surface area contributed by atoms with Crippen molar-refractivity contribution in [2.24, 2.45) is 0 Å². The number of piperazine rings is 1. The molecule has 1 aromatic carbocycles. The lowest BCUT2D eigenvalue weighted by Gasteiger charge is -2.32. The normalized spacial score (nSPS) is 16.7. The lowest BCUT2D eigenvalue weighted by Crippen LogP contribution is -2.48. The van der Waals surface area contributed by atoms with Crippen LogP contribution in [-0.4, -0.2) is 75.5 Å². The molecule has 0 atom stereocenters. The number of amides is 1. The van der Waals surface area contributed by atoms with Crippen LogP contribution in [0, 0.1) is 0 Å². The summed E-state index contributed by atoms with van der Waals surface area (Å²) in [5.41, 5.74) is 3.79. The molecule has 0 saturated carbocycles. The molecule has 1 amide bonds. The fourth-order valence-electron chi connectivity index (χ4n) is 3.73. The number of hydrogen-bond acceptors (Lipinski definition) is 7. The van der Waals surface area contributed by atoms with E-state index in [2.05, 4.69) is 10.2 Å². The zero-order chi connectivity index (χ0) is 19.8. The highest BCUT2D eigenvalue weighted by molar-refractivity contribution is 7.14. The van der Waals surface area contributed by atoms with E-state index in [0.717, 1.165) is 39.4 Å². The van der Waals surface area contributed by atoms with Crippen LogP contribution in [0.1, 0.15) is 14.7 Å². The number of fused-ring (bicyclic) bond motifs is 3. The molecule has 2 aliphatic rings. The second-order valence-electron chi connectivity index (χ2n) is 7.14. The maximum atomic E-state index is 13.0. The van der Waals surface area contributed by atoms with Crippen molar-refractivity contribution in [1.29, 1.82) is 0 Å². The van der Waals surface area contributed by atoms with Crippen molar-refractivity contribution in [3.63, 3.8) is 0 Å². The number of aromatic nitrogens is 3. The Bertz CT molecular complexity index is 1020.